The van der Waals surface area contributed by atoms with E-state index in [1.165, 1.54) is 10.5 Å². The summed E-state index contributed by atoms with van der Waals surface area (Å²) < 4.78 is 0. The Kier molecular flexibility index (Phi) is 5.69. The van der Waals surface area contributed by atoms with E-state index in [9.17, 15) is 9.90 Å². The van der Waals surface area contributed by atoms with Gasteiger partial charge in [-0.25, -0.2) is 0 Å². The number of aryl methyl sites for hydroxylation is 1. The minimum atomic E-state index is -0.847. The van der Waals surface area contributed by atoms with E-state index in [1.54, 1.807) is 25.6 Å². The maximum atomic E-state index is 11.5. The Bertz CT molecular complexity index is 382. The predicted molar refractivity (Wildman–Crippen MR) is 75.8 cm³/mol. The molecule has 0 unspecified atom stereocenters. The molecule has 0 saturated heterocycles. The van der Waals surface area contributed by atoms with Crippen LogP contribution in [0.15, 0.2) is 29.2 Å². The van der Waals surface area contributed by atoms with Crippen molar-refractivity contribution in [3.8, 4) is 0 Å². The van der Waals surface area contributed by atoms with Crippen LogP contribution in [0.4, 0.5) is 0 Å². The number of carbonyl (C=O) groups is 1. The molecule has 0 radical (unpaired) electrons. The summed E-state index contributed by atoms with van der Waals surface area (Å²) in [4.78, 5) is 12.7. The monoisotopic (exact) mass is 267 g/mol. The Morgan fingerprint density at radius 3 is 2.50 bits per heavy atom. The second-order valence-corrected chi connectivity index (χ2v) is 6.17. The first kappa shape index (κ1) is 15.1. The molecule has 0 aliphatic rings. The maximum Gasteiger partial charge on any atom is 0.220 e. The molecule has 100 valence electrons. The second-order valence-electron chi connectivity index (χ2n) is 5.00. The van der Waals surface area contributed by atoms with Crippen molar-refractivity contribution in [1.29, 1.82) is 0 Å². The molecule has 18 heavy (non-hydrogen) atoms. The van der Waals surface area contributed by atoms with Crippen LogP contribution in [-0.2, 0) is 4.79 Å². The van der Waals surface area contributed by atoms with Gasteiger partial charge in [-0.15, -0.1) is 11.8 Å². The number of thioether (sulfide) groups is 1. The summed E-state index contributed by atoms with van der Waals surface area (Å²) in [5.41, 5.74) is 0.391. The Morgan fingerprint density at radius 1 is 1.33 bits per heavy atom. The van der Waals surface area contributed by atoms with Gasteiger partial charge in [0.1, 0.15) is 0 Å². The fraction of sp³-hybridized carbons (Fsp3) is 0.500. The normalized spacial score (nSPS) is 11.3. The molecule has 2 N–H and O–H groups in total. The van der Waals surface area contributed by atoms with Crippen molar-refractivity contribution in [2.75, 3.05) is 12.3 Å². The molecule has 0 saturated carbocycles. The van der Waals surface area contributed by atoms with Gasteiger partial charge in [-0.1, -0.05) is 17.7 Å². The van der Waals surface area contributed by atoms with E-state index < -0.39 is 5.60 Å². The van der Waals surface area contributed by atoms with Gasteiger partial charge in [0, 0.05) is 23.6 Å². The van der Waals surface area contributed by atoms with Crippen LogP contribution < -0.4 is 5.32 Å². The standard InChI is InChI=1S/C14H21NO2S/c1-11-4-6-12(7-5-11)18-9-8-13(16)15-10-14(2,3)17/h4-7,17H,8-10H2,1-3H3,(H,15,16). The zero-order chi connectivity index (χ0) is 13.6. The maximum absolute atomic E-state index is 11.5. The molecule has 0 spiro atoms. The number of rotatable bonds is 6. The van der Waals surface area contributed by atoms with Gasteiger partial charge in [-0.3, -0.25) is 4.79 Å². The van der Waals surface area contributed by atoms with Crippen LogP contribution in [0.5, 0.6) is 0 Å². The number of aliphatic hydroxyl groups is 1. The highest BCUT2D eigenvalue weighted by molar-refractivity contribution is 7.99. The van der Waals surface area contributed by atoms with Gasteiger partial charge < -0.3 is 10.4 Å². The molecular weight excluding hydrogens is 246 g/mol. The summed E-state index contributed by atoms with van der Waals surface area (Å²) >= 11 is 1.67. The summed E-state index contributed by atoms with van der Waals surface area (Å²) in [7, 11) is 0. The van der Waals surface area contributed by atoms with Gasteiger partial charge in [-0.2, -0.15) is 0 Å². The molecule has 0 aliphatic heterocycles. The zero-order valence-corrected chi connectivity index (χ0v) is 12.0. The molecule has 0 bridgehead atoms. The summed E-state index contributed by atoms with van der Waals surface area (Å²) in [6, 6.07) is 8.26. The van der Waals surface area contributed by atoms with Crippen LogP contribution in [0.1, 0.15) is 25.8 Å². The van der Waals surface area contributed by atoms with Crippen LogP contribution in [0.3, 0.4) is 0 Å². The number of benzene rings is 1. The van der Waals surface area contributed by atoms with E-state index in [0.29, 0.717) is 13.0 Å². The number of carbonyl (C=O) groups excluding carboxylic acids is 1. The van der Waals surface area contributed by atoms with Crippen molar-refractivity contribution < 1.29 is 9.90 Å². The first-order valence-corrected chi connectivity index (χ1v) is 7.04. The van der Waals surface area contributed by atoms with E-state index >= 15 is 0 Å². The molecule has 3 nitrogen and oxygen atoms in total. The fourth-order valence-corrected chi connectivity index (χ4v) is 2.15. The number of nitrogens with one attached hydrogen (secondary N) is 1. The smallest absolute Gasteiger partial charge is 0.220 e. The molecule has 1 amide bonds. The number of hydrogen-bond acceptors (Lipinski definition) is 3. The van der Waals surface area contributed by atoms with Gasteiger partial charge in [0.2, 0.25) is 5.91 Å². The first-order valence-electron chi connectivity index (χ1n) is 6.05. The van der Waals surface area contributed by atoms with E-state index in [4.69, 9.17) is 0 Å². The van der Waals surface area contributed by atoms with Crippen LogP contribution in [-0.4, -0.2) is 28.9 Å². The summed E-state index contributed by atoms with van der Waals surface area (Å²) in [6.07, 6.45) is 0.467. The van der Waals surface area contributed by atoms with Crippen LogP contribution >= 0.6 is 11.8 Å². The van der Waals surface area contributed by atoms with E-state index in [2.05, 4.69) is 36.5 Å². The molecule has 0 aromatic heterocycles. The molecule has 0 atom stereocenters. The van der Waals surface area contributed by atoms with E-state index in [-0.39, 0.29) is 5.91 Å². The van der Waals surface area contributed by atoms with Crippen LogP contribution in [0.25, 0.3) is 0 Å². The largest absolute Gasteiger partial charge is 0.389 e. The van der Waals surface area contributed by atoms with Crippen molar-refractivity contribution in [1.82, 2.24) is 5.32 Å². The number of hydrogen-bond donors (Lipinski definition) is 2. The highest BCUT2D eigenvalue weighted by Gasteiger charge is 2.13. The highest BCUT2D eigenvalue weighted by atomic mass is 32.2. The minimum absolute atomic E-state index is 0.0169. The highest BCUT2D eigenvalue weighted by Crippen LogP contribution is 2.18. The van der Waals surface area contributed by atoms with Gasteiger partial charge in [0.05, 0.1) is 5.60 Å². The second kappa shape index (κ2) is 6.81. The van der Waals surface area contributed by atoms with Crippen molar-refractivity contribution >= 4 is 17.7 Å². The van der Waals surface area contributed by atoms with Crippen molar-refractivity contribution in [3.05, 3.63) is 29.8 Å². The Balaban J connectivity index is 2.21. The van der Waals surface area contributed by atoms with Gasteiger partial charge >= 0.3 is 0 Å². The predicted octanol–water partition coefficient (Wildman–Crippen LogP) is 2.36. The Labute approximate surface area is 113 Å². The lowest BCUT2D eigenvalue weighted by molar-refractivity contribution is -0.121. The Hall–Kier alpha value is -1.00. The summed E-state index contributed by atoms with van der Waals surface area (Å²) in [5, 5.41) is 12.2. The molecule has 0 aliphatic carbocycles. The lowest BCUT2D eigenvalue weighted by atomic mass is 10.1. The molecule has 1 aromatic rings. The van der Waals surface area contributed by atoms with E-state index in [0.717, 1.165) is 5.75 Å². The van der Waals surface area contributed by atoms with Gasteiger partial charge in [0.15, 0.2) is 0 Å². The quantitative estimate of drug-likeness (QED) is 0.778. The topological polar surface area (TPSA) is 49.3 Å². The SMILES string of the molecule is Cc1ccc(SCCC(=O)NCC(C)(C)O)cc1. The van der Waals surface area contributed by atoms with Crippen LogP contribution in [0, 0.1) is 6.92 Å². The average Bonchev–Trinajstić information content (AvgIpc) is 2.28. The van der Waals surface area contributed by atoms with Crippen molar-refractivity contribution in [3.63, 3.8) is 0 Å². The molecule has 1 aromatic carbocycles. The fourth-order valence-electron chi connectivity index (χ4n) is 1.30. The summed E-state index contributed by atoms with van der Waals surface area (Å²) in [5.74, 6) is 0.734. The molecule has 0 fully saturated rings. The third-order valence-electron chi connectivity index (χ3n) is 2.34. The average molecular weight is 267 g/mol. The zero-order valence-electron chi connectivity index (χ0n) is 11.2. The first-order chi connectivity index (χ1) is 8.37. The Morgan fingerprint density at radius 2 is 1.94 bits per heavy atom. The lowest BCUT2D eigenvalue weighted by Crippen LogP contribution is -2.38. The molecule has 4 heteroatoms. The van der Waals surface area contributed by atoms with Crippen LogP contribution in [0.2, 0.25) is 0 Å². The third kappa shape index (κ3) is 6.67. The lowest BCUT2D eigenvalue weighted by Gasteiger charge is -2.17. The number of amides is 1. The van der Waals surface area contributed by atoms with Crippen molar-refractivity contribution in [2.45, 2.75) is 37.7 Å². The van der Waals surface area contributed by atoms with Crippen molar-refractivity contribution in [2.24, 2.45) is 0 Å². The molecule has 1 rings (SSSR count). The van der Waals surface area contributed by atoms with Gasteiger partial charge in [-0.05, 0) is 32.9 Å². The summed E-state index contributed by atoms with van der Waals surface area (Å²) in [6.45, 7) is 5.70. The molecular formula is C14H21NO2S. The molecule has 0 heterocycles. The van der Waals surface area contributed by atoms with Gasteiger partial charge in [0.25, 0.3) is 0 Å². The van der Waals surface area contributed by atoms with E-state index in [1.807, 2.05) is 0 Å². The minimum Gasteiger partial charge on any atom is -0.389 e. The third-order valence-corrected chi connectivity index (χ3v) is 3.35.